The van der Waals surface area contributed by atoms with Gasteiger partial charge in [0.15, 0.2) is 0 Å². The molecule has 18 heavy (non-hydrogen) atoms. The number of nitrogens with one attached hydrogen (secondary N) is 2. The predicted octanol–water partition coefficient (Wildman–Crippen LogP) is 1.42. The van der Waals surface area contributed by atoms with Crippen molar-refractivity contribution in [1.29, 1.82) is 0 Å². The second kappa shape index (κ2) is 6.35. The lowest BCUT2D eigenvalue weighted by Gasteiger charge is -2.11. The number of nitrogens with zero attached hydrogens (tertiary/aromatic N) is 1. The van der Waals surface area contributed by atoms with Gasteiger partial charge < -0.3 is 15.4 Å². The van der Waals surface area contributed by atoms with Gasteiger partial charge in [0.1, 0.15) is 5.82 Å². The number of carbonyl (C=O) groups is 1. The van der Waals surface area contributed by atoms with E-state index in [9.17, 15) is 4.79 Å². The maximum absolute atomic E-state index is 11.4. The highest BCUT2D eigenvalue weighted by Crippen LogP contribution is 2.11. The number of anilines is 1. The van der Waals surface area contributed by atoms with Gasteiger partial charge in [0.2, 0.25) is 0 Å². The number of pyridine rings is 1. The Hall–Kier alpha value is -1.62. The molecule has 1 unspecified atom stereocenters. The summed E-state index contributed by atoms with van der Waals surface area (Å²) in [5.41, 5.74) is 0.522. The molecule has 0 amide bonds. The van der Waals surface area contributed by atoms with E-state index in [4.69, 9.17) is 0 Å². The maximum atomic E-state index is 11.4. The minimum absolute atomic E-state index is 0.335. The molecule has 2 rings (SSSR count). The molecule has 0 saturated carbocycles. The average molecular weight is 249 g/mol. The Morgan fingerprint density at radius 2 is 2.56 bits per heavy atom. The molecule has 5 heteroatoms. The first-order chi connectivity index (χ1) is 8.79. The quantitative estimate of drug-likeness (QED) is 0.773. The largest absolute Gasteiger partial charge is 0.465 e. The molecule has 1 aromatic heterocycles. The van der Waals surface area contributed by atoms with Crippen molar-refractivity contribution in [2.45, 2.75) is 25.3 Å². The lowest BCUT2D eigenvalue weighted by atomic mass is 10.1. The molecule has 5 nitrogen and oxygen atoms in total. The summed E-state index contributed by atoms with van der Waals surface area (Å²) in [4.78, 5) is 15.5. The molecule has 1 aromatic rings. The smallest absolute Gasteiger partial charge is 0.338 e. The normalized spacial score (nSPS) is 18.6. The summed E-state index contributed by atoms with van der Waals surface area (Å²) in [5, 5.41) is 6.68. The highest BCUT2D eigenvalue weighted by Gasteiger charge is 2.13. The van der Waals surface area contributed by atoms with Gasteiger partial charge in [-0.2, -0.15) is 0 Å². The fourth-order valence-corrected chi connectivity index (χ4v) is 2.15. The molecule has 1 aliphatic heterocycles. The lowest BCUT2D eigenvalue weighted by Crippen LogP contribution is -2.24. The molecular weight excluding hydrogens is 230 g/mol. The van der Waals surface area contributed by atoms with Crippen molar-refractivity contribution in [2.75, 3.05) is 25.5 Å². The second-order valence-electron chi connectivity index (χ2n) is 4.43. The molecule has 0 radical (unpaired) electrons. The van der Waals surface area contributed by atoms with Crippen LogP contribution in [0.15, 0.2) is 18.3 Å². The van der Waals surface area contributed by atoms with Gasteiger partial charge in [0.25, 0.3) is 0 Å². The number of aromatic nitrogens is 1. The van der Waals surface area contributed by atoms with E-state index >= 15 is 0 Å². The van der Waals surface area contributed by atoms with Gasteiger partial charge in [0, 0.05) is 18.8 Å². The molecule has 0 aliphatic carbocycles. The first-order valence-electron chi connectivity index (χ1n) is 6.31. The number of esters is 1. The zero-order valence-electron chi connectivity index (χ0n) is 10.6. The van der Waals surface area contributed by atoms with Gasteiger partial charge in [-0.25, -0.2) is 9.78 Å². The van der Waals surface area contributed by atoms with Crippen molar-refractivity contribution in [3.05, 3.63) is 23.9 Å². The van der Waals surface area contributed by atoms with Gasteiger partial charge in [-0.3, -0.25) is 0 Å². The molecule has 2 heterocycles. The molecule has 1 fully saturated rings. The summed E-state index contributed by atoms with van der Waals surface area (Å²) in [7, 11) is 1.38. The Morgan fingerprint density at radius 3 is 3.28 bits per heavy atom. The van der Waals surface area contributed by atoms with Gasteiger partial charge in [-0.1, -0.05) is 0 Å². The summed E-state index contributed by atoms with van der Waals surface area (Å²) in [6.45, 7) is 1.98. The predicted molar refractivity (Wildman–Crippen MR) is 69.7 cm³/mol. The summed E-state index contributed by atoms with van der Waals surface area (Å²) < 4.78 is 4.67. The van der Waals surface area contributed by atoms with Gasteiger partial charge >= 0.3 is 5.97 Å². The third-order valence-corrected chi connectivity index (χ3v) is 3.14. The monoisotopic (exact) mass is 249 g/mol. The number of rotatable bonds is 5. The number of hydrogen-bond donors (Lipinski definition) is 2. The Bertz CT molecular complexity index is 403. The SMILES string of the molecule is COC(=O)c1ccnc(NCCC2CCCN2)c1. The van der Waals surface area contributed by atoms with E-state index in [1.165, 1.54) is 20.0 Å². The van der Waals surface area contributed by atoms with Crippen LogP contribution in [0.5, 0.6) is 0 Å². The zero-order valence-corrected chi connectivity index (χ0v) is 10.6. The van der Waals surface area contributed by atoms with E-state index in [0.717, 1.165) is 25.3 Å². The van der Waals surface area contributed by atoms with Crippen LogP contribution in [0, 0.1) is 0 Å². The fraction of sp³-hybridized carbons (Fsp3) is 0.538. The number of ether oxygens (including phenoxy) is 1. The topological polar surface area (TPSA) is 63.2 Å². The van der Waals surface area contributed by atoms with Gasteiger partial charge in [-0.15, -0.1) is 0 Å². The Labute approximate surface area is 107 Å². The summed E-state index contributed by atoms with van der Waals surface area (Å²) in [6.07, 6.45) is 5.20. The number of hydrogen-bond acceptors (Lipinski definition) is 5. The van der Waals surface area contributed by atoms with E-state index in [0.29, 0.717) is 11.6 Å². The van der Waals surface area contributed by atoms with Gasteiger partial charge in [-0.05, 0) is 37.9 Å². The van der Waals surface area contributed by atoms with E-state index in [-0.39, 0.29) is 5.97 Å². The molecule has 2 N–H and O–H groups in total. The minimum Gasteiger partial charge on any atom is -0.465 e. The highest BCUT2D eigenvalue weighted by molar-refractivity contribution is 5.89. The average Bonchev–Trinajstić information content (AvgIpc) is 2.91. The van der Waals surface area contributed by atoms with Crippen LogP contribution in [-0.2, 0) is 4.74 Å². The van der Waals surface area contributed by atoms with Crippen molar-refractivity contribution in [3.63, 3.8) is 0 Å². The fourth-order valence-electron chi connectivity index (χ4n) is 2.15. The number of carbonyl (C=O) groups excluding carboxylic acids is 1. The zero-order chi connectivity index (χ0) is 12.8. The van der Waals surface area contributed by atoms with Crippen molar-refractivity contribution in [1.82, 2.24) is 10.3 Å². The van der Waals surface area contributed by atoms with E-state index in [2.05, 4.69) is 20.4 Å². The molecule has 98 valence electrons. The molecule has 1 aliphatic rings. The minimum atomic E-state index is -0.335. The van der Waals surface area contributed by atoms with Crippen molar-refractivity contribution < 1.29 is 9.53 Å². The van der Waals surface area contributed by atoms with Crippen LogP contribution >= 0.6 is 0 Å². The summed E-state index contributed by atoms with van der Waals surface area (Å²) in [6, 6.07) is 3.98. The molecule has 0 spiro atoms. The molecule has 1 atom stereocenters. The number of methoxy groups -OCH3 is 1. The van der Waals surface area contributed by atoms with Crippen molar-refractivity contribution in [3.8, 4) is 0 Å². The molecule has 0 bridgehead atoms. The molecular formula is C13H19N3O2. The van der Waals surface area contributed by atoms with Crippen molar-refractivity contribution >= 4 is 11.8 Å². The molecule has 0 aromatic carbocycles. The van der Waals surface area contributed by atoms with Crippen LogP contribution < -0.4 is 10.6 Å². The van der Waals surface area contributed by atoms with Crippen LogP contribution in [0.2, 0.25) is 0 Å². The van der Waals surface area contributed by atoms with Crippen LogP contribution in [0.25, 0.3) is 0 Å². The maximum Gasteiger partial charge on any atom is 0.338 e. The first-order valence-corrected chi connectivity index (χ1v) is 6.31. The van der Waals surface area contributed by atoms with Crippen LogP contribution in [0.4, 0.5) is 5.82 Å². The second-order valence-corrected chi connectivity index (χ2v) is 4.43. The van der Waals surface area contributed by atoms with Crippen LogP contribution in [0.1, 0.15) is 29.6 Å². The summed E-state index contributed by atoms with van der Waals surface area (Å²) in [5.74, 6) is 0.383. The Balaban J connectivity index is 1.83. The van der Waals surface area contributed by atoms with E-state index < -0.39 is 0 Å². The highest BCUT2D eigenvalue weighted by atomic mass is 16.5. The van der Waals surface area contributed by atoms with Crippen molar-refractivity contribution in [2.24, 2.45) is 0 Å². The van der Waals surface area contributed by atoms with Gasteiger partial charge in [0.05, 0.1) is 12.7 Å². The lowest BCUT2D eigenvalue weighted by molar-refractivity contribution is 0.0600. The van der Waals surface area contributed by atoms with E-state index in [1.807, 2.05) is 0 Å². The standard InChI is InChI=1S/C13H19N3O2/c1-18-13(17)10-4-7-15-12(9-10)16-8-5-11-3-2-6-14-11/h4,7,9,11,14H,2-3,5-6,8H2,1H3,(H,15,16). The summed E-state index contributed by atoms with van der Waals surface area (Å²) >= 11 is 0. The Kier molecular flexibility index (Phi) is 4.52. The Morgan fingerprint density at radius 1 is 1.67 bits per heavy atom. The molecule has 1 saturated heterocycles. The third-order valence-electron chi connectivity index (χ3n) is 3.14. The third kappa shape index (κ3) is 3.43. The van der Waals surface area contributed by atoms with Crippen LogP contribution in [-0.4, -0.2) is 37.2 Å². The van der Waals surface area contributed by atoms with E-state index in [1.54, 1.807) is 18.3 Å². The first kappa shape index (κ1) is 12.8. The van der Waals surface area contributed by atoms with Crippen LogP contribution in [0.3, 0.4) is 0 Å².